The number of halogens is 1. The Morgan fingerprint density at radius 3 is 2.85 bits per heavy atom. The van der Waals surface area contributed by atoms with Gasteiger partial charge in [0.15, 0.2) is 7.85 Å². The molecule has 1 aromatic carbocycles. The van der Waals surface area contributed by atoms with Gasteiger partial charge in [-0.3, -0.25) is 4.98 Å². The predicted octanol–water partition coefficient (Wildman–Crippen LogP) is 1.49. The maximum Gasteiger partial charge on any atom is 0.167 e. The van der Waals surface area contributed by atoms with Gasteiger partial charge >= 0.3 is 0 Å². The number of pyridine rings is 1. The van der Waals surface area contributed by atoms with Crippen molar-refractivity contribution in [3.63, 3.8) is 0 Å². The summed E-state index contributed by atoms with van der Waals surface area (Å²) in [7, 11) is 1.89. The highest BCUT2D eigenvalue weighted by Crippen LogP contribution is 2.28. The highest BCUT2D eigenvalue weighted by Gasteiger charge is 2.11. The zero-order valence-electron chi connectivity index (χ0n) is 11.2. The van der Waals surface area contributed by atoms with Crippen LogP contribution in [0.5, 0.6) is 0 Å². The van der Waals surface area contributed by atoms with Crippen molar-refractivity contribution >= 4 is 41.8 Å². The molecule has 0 aliphatic heterocycles. The molecule has 0 aliphatic carbocycles. The SMILES string of the molecule is Bc1nc(N)c(C)nc1-c1cc(Cl)c2ncccc2c1. The molecule has 0 bridgehead atoms. The fourth-order valence-electron chi connectivity index (χ4n) is 2.18. The Bertz CT molecular complexity index is 820. The summed E-state index contributed by atoms with van der Waals surface area (Å²) >= 11 is 6.30. The molecule has 0 aliphatic rings. The summed E-state index contributed by atoms with van der Waals surface area (Å²) in [5, 5.41) is 1.58. The van der Waals surface area contributed by atoms with Gasteiger partial charge in [-0.2, -0.15) is 0 Å². The second-order valence-corrected chi connectivity index (χ2v) is 5.07. The van der Waals surface area contributed by atoms with Crippen molar-refractivity contribution in [2.45, 2.75) is 6.92 Å². The van der Waals surface area contributed by atoms with E-state index in [4.69, 9.17) is 17.3 Å². The molecule has 98 valence electrons. The average molecular weight is 283 g/mol. The highest BCUT2D eigenvalue weighted by molar-refractivity contribution is 6.36. The fourth-order valence-corrected chi connectivity index (χ4v) is 2.45. The molecule has 0 fully saturated rings. The standard InChI is InChI=1S/C14H12BClN4/c1-7-14(17)20-13(15)12(19-7)9-5-8-3-2-4-18-11(8)10(16)6-9/h2-6H,15H2,1H3,(H2,17,20). The van der Waals surface area contributed by atoms with Crippen LogP contribution in [0.15, 0.2) is 30.5 Å². The zero-order chi connectivity index (χ0) is 14.3. The van der Waals surface area contributed by atoms with E-state index < -0.39 is 0 Å². The molecule has 0 radical (unpaired) electrons. The van der Waals surface area contributed by atoms with Gasteiger partial charge in [-0.25, -0.2) is 9.97 Å². The number of nitrogens with zero attached hydrogens (tertiary/aromatic N) is 3. The van der Waals surface area contributed by atoms with E-state index in [1.807, 2.05) is 39.0 Å². The van der Waals surface area contributed by atoms with Crippen molar-refractivity contribution < 1.29 is 0 Å². The fraction of sp³-hybridized carbons (Fsp3) is 0.0714. The van der Waals surface area contributed by atoms with Crippen LogP contribution in [0.2, 0.25) is 5.02 Å². The Kier molecular flexibility index (Phi) is 3.06. The summed E-state index contributed by atoms with van der Waals surface area (Å²) in [6.45, 7) is 1.84. The van der Waals surface area contributed by atoms with E-state index in [9.17, 15) is 0 Å². The van der Waals surface area contributed by atoms with Crippen molar-refractivity contribution in [1.82, 2.24) is 15.0 Å². The number of benzene rings is 1. The molecular weight excluding hydrogens is 270 g/mol. The monoisotopic (exact) mass is 282 g/mol. The van der Waals surface area contributed by atoms with Crippen LogP contribution in [0.4, 0.5) is 5.82 Å². The lowest BCUT2D eigenvalue weighted by Gasteiger charge is -2.10. The van der Waals surface area contributed by atoms with Crippen molar-refractivity contribution in [1.29, 1.82) is 0 Å². The quantitative estimate of drug-likeness (QED) is 0.687. The highest BCUT2D eigenvalue weighted by atomic mass is 35.5. The van der Waals surface area contributed by atoms with Crippen LogP contribution in [-0.4, -0.2) is 22.8 Å². The molecule has 0 amide bonds. The van der Waals surface area contributed by atoms with Crippen LogP contribution in [0.25, 0.3) is 22.2 Å². The number of hydrogen-bond donors (Lipinski definition) is 1. The van der Waals surface area contributed by atoms with Gasteiger partial charge in [-0.05, 0) is 25.1 Å². The Balaban J connectivity index is 2.27. The van der Waals surface area contributed by atoms with Gasteiger partial charge in [0, 0.05) is 22.7 Å². The first-order valence-electron chi connectivity index (χ1n) is 6.21. The normalized spacial score (nSPS) is 10.9. The van der Waals surface area contributed by atoms with Crippen LogP contribution in [-0.2, 0) is 0 Å². The summed E-state index contributed by atoms with van der Waals surface area (Å²) in [6, 6.07) is 7.74. The molecule has 6 heteroatoms. The first-order valence-corrected chi connectivity index (χ1v) is 6.59. The number of rotatable bonds is 1. The first kappa shape index (κ1) is 12.9. The third-order valence-electron chi connectivity index (χ3n) is 3.21. The summed E-state index contributed by atoms with van der Waals surface area (Å²) in [5.74, 6) is 0.458. The van der Waals surface area contributed by atoms with Gasteiger partial charge in [0.2, 0.25) is 0 Å². The summed E-state index contributed by atoms with van der Waals surface area (Å²) < 4.78 is 0. The van der Waals surface area contributed by atoms with E-state index in [2.05, 4.69) is 15.0 Å². The van der Waals surface area contributed by atoms with Crippen LogP contribution in [0.1, 0.15) is 5.69 Å². The van der Waals surface area contributed by atoms with E-state index in [0.29, 0.717) is 16.5 Å². The number of aryl methyl sites for hydroxylation is 1. The number of aromatic nitrogens is 3. The maximum absolute atomic E-state index is 6.30. The van der Waals surface area contributed by atoms with Gasteiger partial charge < -0.3 is 5.73 Å². The zero-order valence-corrected chi connectivity index (χ0v) is 11.9. The molecule has 0 spiro atoms. The third-order valence-corrected chi connectivity index (χ3v) is 3.50. The molecule has 2 heterocycles. The van der Waals surface area contributed by atoms with Gasteiger partial charge in [0.05, 0.1) is 21.9 Å². The molecule has 3 rings (SSSR count). The molecule has 0 atom stereocenters. The lowest BCUT2D eigenvalue weighted by Crippen LogP contribution is -2.17. The molecule has 3 aromatic rings. The second-order valence-electron chi connectivity index (χ2n) is 4.66. The molecule has 20 heavy (non-hydrogen) atoms. The molecule has 0 saturated heterocycles. The van der Waals surface area contributed by atoms with E-state index in [1.165, 1.54) is 0 Å². The van der Waals surface area contributed by atoms with E-state index in [1.54, 1.807) is 6.20 Å². The molecule has 2 N–H and O–H groups in total. The van der Waals surface area contributed by atoms with Crippen molar-refractivity contribution in [2.24, 2.45) is 0 Å². The third kappa shape index (κ3) is 2.10. The van der Waals surface area contributed by atoms with Gasteiger partial charge in [-0.1, -0.05) is 17.7 Å². The number of fused-ring (bicyclic) bond motifs is 1. The Morgan fingerprint density at radius 1 is 1.25 bits per heavy atom. The molecule has 2 aromatic heterocycles. The first-order chi connectivity index (χ1) is 9.56. The number of hydrogen-bond acceptors (Lipinski definition) is 4. The van der Waals surface area contributed by atoms with Crippen LogP contribution < -0.4 is 11.3 Å². The summed E-state index contributed by atoms with van der Waals surface area (Å²) in [6.07, 6.45) is 1.73. The molecule has 0 saturated carbocycles. The number of nitrogen functional groups attached to an aromatic ring is 1. The van der Waals surface area contributed by atoms with Crippen LogP contribution in [0.3, 0.4) is 0 Å². The van der Waals surface area contributed by atoms with Gasteiger partial charge in [0.25, 0.3) is 0 Å². The largest absolute Gasteiger partial charge is 0.382 e. The topological polar surface area (TPSA) is 64.7 Å². The van der Waals surface area contributed by atoms with Crippen LogP contribution >= 0.6 is 11.6 Å². The van der Waals surface area contributed by atoms with Gasteiger partial charge in [-0.15, -0.1) is 0 Å². The molecule has 0 unspecified atom stereocenters. The van der Waals surface area contributed by atoms with Crippen molar-refractivity contribution in [3.8, 4) is 11.3 Å². The molecule has 4 nitrogen and oxygen atoms in total. The lowest BCUT2D eigenvalue weighted by molar-refractivity contribution is 1.16. The Morgan fingerprint density at radius 2 is 2.05 bits per heavy atom. The van der Waals surface area contributed by atoms with E-state index in [0.717, 1.165) is 27.8 Å². The number of anilines is 1. The van der Waals surface area contributed by atoms with Crippen molar-refractivity contribution in [3.05, 3.63) is 41.2 Å². The lowest BCUT2D eigenvalue weighted by atomic mass is 9.96. The van der Waals surface area contributed by atoms with Crippen LogP contribution in [0, 0.1) is 6.92 Å². The van der Waals surface area contributed by atoms with E-state index in [-0.39, 0.29) is 0 Å². The number of nitrogens with two attached hydrogens (primary N) is 1. The minimum Gasteiger partial charge on any atom is -0.382 e. The maximum atomic E-state index is 6.30. The van der Waals surface area contributed by atoms with E-state index >= 15 is 0 Å². The van der Waals surface area contributed by atoms with Gasteiger partial charge in [0.1, 0.15) is 5.82 Å². The summed E-state index contributed by atoms with van der Waals surface area (Å²) in [4.78, 5) is 13.1. The molecular formula is C14H12BClN4. The summed E-state index contributed by atoms with van der Waals surface area (Å²) in [5.41, 5.74) is 9.78. The minimum atomic E-state index is 0.458. The average Bonchev–Trinajstić information content (AvgIpc) is 2.43. The Labute approximate surface area is 122 Å². The Hall–Kier alpha value is -2.14. The minimum absolute atomic E-state index is 0.458. The van der Waals surface area contributed by atoms with Crippen molar-refractivity contribution in [2.75, 3.05) is 5.73 Å². The smallest absolute Gasteiger partial charge is 0.167 e. The second kappa shape index (κ2) is 4.76. The predicted molar refractivity (Wildman–Crippen MR) is 85.1 cm³/mol.